The predicted octanol–water partition coefficient (Wildman–Crippen LogP) is 1.95. The van der Waals surface area contributed by atoms with Crippen molar-refractivity contribution >= 4 is 17.3 Å². The lowest BCUT2D eigenvalue weighted by atomic mass is 10.1. The second-order valence-corrected chi connectivity index (χ2v) is 4.48. The number of nitrogen functional groups attached to an aromatic ring is 1. The summed E-state index contributed by atoms with van der Waals surface area (Å²) in [5.41, 5.74) is 7.22. The quantitative estimate of drug-likeness (QED) is 0.711. The minimum absolute atomic E-state index is 0.201. The van der Waals surface area contributed by atoms with Crippen LogP contribution in [0.25, 0.3) is 0 Å². The molecule has 1 aliphatic rings. The zero-order valence-corrected chi connectivity index (χ0v) is 10.2. The molecule has 1 aromatic rings. The van der Waals surface area contributed by atoms with E-state index in [1.165, 1.54) is 12.5 Å². The van der Waals surface area contributed by atoms with E-state index >= 15 is 0 Å². The Bertz CT molecular complexity index is 428. The van der Waals surface area contributed by atoms with Crippen molar-refractivity contribution in [2.24, 2.45) is 0 Å². The lowest BCUT2D eigenvalue weighted by molar-refractivity contribution is 0.0247. The first kappa shape index (κ1) is 12.7. The predicted molar refractivity (Wildman–Crippen MR) is 69.9 cm³/mol. The van der Waals surface area contributed by atoms with Crippen LogP contribution >= 0.6 is 0 Å². The van der Waals surface area contributed by atoms with Gasteiger partial charge < -0.3 is 20.9 Å². The molecule has 5 nitrogen and oxygen atoms in total. The molecule has 0 bridgehead atoms. The van der Waals surface area contributed by atoms with E-state index in [1.807, 2.05) is 0 Å². The molecule has 0 radical (unpaired) electrons. The molecule has 2 rings (SSSR count). The number of carboxylic acid groups (broad SMARTS) is 1. The van der Waals surface area contributed by atoms with E-state index in [9.17, 15) is 4.79 Å². The molecule has 1 unspecified atom stereocenters. The van der Waals surface area contributed by atoms with Crippen molar-refractivity contribution in [2.45, 2.75) is 25.4 Å². The largest absolute Gasteiger partial charge is 0.478 e. The summed E-state index contributed by atoms with van der Waals surface area (Å²) in [7, 11) is 0. The van der Waals surface area contributed by atoms with Gasteiger partial charge in [-0.1, -0.05) is 0 Å². The summed E-state index contributed by atoms with van der Waals surface area (Å²) in [6, 6.07) is 4.71. The highest BCUT2D eigenvalue weighted by Crippen LogP contribution is 2.21. The Hall–Kier alpha value is -1.75. The molecule has 1 atom stereocenters. The molecule has 4 N–H and O–H groups in total. The Morgan fingerprint density at radius 2 is 2.33 bits per heavy atom. The normalized spacial score (nSPS) is 19.4. The van der Waals surface area contributed by atoms with Crippen molar-refractivity contribution < 1.29 is 14.6 Å². The number of nitrogens with one attached hydrogen (secondary N) is 1. The standard InChI is InChI=1S/C13H18N2O3/c14-11-7-9(13(16)17)4-5-12(11)15-8-10-3-1-2-6-18-10/h4-5,7,10,15H,1-3,6,8,14H2,(H,16,17). The highest BCUT2D eigenvalue weighted by molar-refractivity contribution is 5.90. The minimum atomic E-state index is -0.969. The summed E-state index contributed by atoms with van der Waals surface area (Å²) in [4.78, 5) is 10.8. The molecule has 1 saturated heterocycles. The van der Waals surface area contributed by atoms with Crippen LogP contribution in [0.4, 0.5) is 11.4 Å². The maximum atomic E-state index is 10.8. The monoisotopic (exact) mass is 250 g/mol. The molecule has 1 heterocycles. The van der Waals surface area contributed by atoms with Crippen molar-refractivity contribution in [2.75, 3.05) is 24.2 Å². The summed E-state index contributed by atoms with van der Waals surface area (Å²) in [5.74, 6) is -0.969. The van der Waals surface area contributed by atoms with Gasteiger partial charge in [-0.25, -0.2) is 4.79 Å². The number of carboxylic acids is 1. The van der Waals surface area contributed by atoms with E-state index < -0.39 is 5.97 Å². The summed E-state index contributed by atoms with van der Waals surface area (Å²) in [6.07, 6.45) is 3.60. The molecule has 0 spiro atoms. The van der Waals surface area contributed by atoms with E-state index in [-0.39, 0.29) is 11.7 Å². The highest BCUT2D eigenvalue weighted by atomic mass is 16.5. The molecule has 0 saturated carbocycles. The van der Waals surface area contributed by atoms with Crippen LogP contribution in [-0.2, 0) is 4.74 Å². The first-order chi connectivity index (χ1) is 8.66. The van der Waals surface area contributed by atoms with Gasteiger partial charge >= 0.3 is 5.97 Å². The molecule has 0 amide bonds. The van der Waals surface area contributed by atoms with Crippen molar-refractivity contribution in [1.82, 2.24) is 0 Å². The number of hydrogen-bond donors (Lipinski definition) is 3. The second-order valence-electron chi connectivity index (χ2n) is 4.48. The van der Waals surface area contributed by atoms with E-state index in [1.54, 1.807) is 12.1 Å². The van der Waals surface area contributed by atoms with Crippen LogP contribution in [0.3, 0.4) is 0 Å². The average molecular weight is 250 g/mol. The molecule has 98 valence electrons. The van der Waals surface area contributed by atoms with Crippen molar-refractivity contribution in [3.8, 4) is 0 Å². The lowest BCUT2D eigenvalue weighted by Gasteiger charge is -2.23. The fraction of sp³-hybridized carbons (Fsp3) is 0.462. The highest BCUT2D eigenvalue weighted by Gasteiger charge is 2.14. The van der Waals surface area contributed by atoms with Crippen molar-refractivity contribution in [3.05, 3.63) is 23.8 Å². The van der Waals surface area contributed by atoms with Gasteiger partial charge in [0.15, 0.2) is 0 Å². The van der Waals surface area contributed by atoms with Gasteiger partial charge in [0.2, 0.25) is 0 Å². The van der Waals surface area contributed by atoms with Crippen LogP contribution in [0.5, 0.6) is 0 Å². The molecule has 0 aliphatic carbocycles. The molecule has 1 aliphatic heterocycles. The van der Waals surface area contributed by atoms with Gasteiger partial charge in [-0.3, -0.25) is 0 Å². The number of nitrogens with two attached hydrogens (primary N) is 1. The molecule has 1 aromatic carbocycles. The SMILES string of the molecule is Nc1cc(C(=O)O)ccc1NCC1CCCCO1. The van der Waals surface area contributed by atoms with Crippen LogP contribution in [0.2, 0.25) is 0 Å². The Morgan fingerprint density at radius 1 is 1.50 bits per heavy atom. The third-order valence-corrected chi connectivity index (χ3v) is 3.09. The van der Waals surface area contributed by atoms with Crippen molar-refractivity contribution in [1.29, 1.82) is 0 Å². The Balaban J connectivity index is 1.94. The van der Waals surface area contributed by atoms with E-state index in [0.29, 0.717) is 12.2 Å². The topological polar surface area (TPSA) is 84.6 Å². The fourth-order valence-electron chi connectivity index (χ4n) is 2.05. The second kappa shape index (κ2) is 5.73. The zero-order chi connectivity index (χ0) is 13.0. The molecule has 0 aromatic heterocycles. The molecule has 1 fully saturated rings. The van der Waals surface area contributed by atoms with E-state index in [4.69, 9.17) is 15.6 Å². The molecule has 5 heteroatoms. The van der Waals surface area contributed by atoms with Gasteiger partial charge in [-0.2, -0.15) is 0 Å². The molecule has 18 heavy (non-hydrogen) atoms. The number of aromatic carboxylic acids is 1. The number of hydrogen-bond acceptors (Lipinski definition) is 4. The maximum absolute atomic E-state index is 10.8. The summed E-state index contributed by atoms with van der Waals surface area (Å²) >= 11 is 0. The summed E-state index contributed by atoms with van der Waals surface area (Å²) < 4.78 is 5.60. The fourth-order valence-corrected chi connectivity index (χ4v) is 2.05. The smallest absolute Gasteiger partial charge is 0.335 e. The minimum Gasteiger partial charge on any atom is -0.478 e. The van der Waals surface area contributed by atoms with Gasteiger partial charge in [-0.15, -0.1) is 0 Å². The summed E-state index contributed by atoms with van der Waals surface area (Å²) in [5, 5.41) is 12.0. The first-order valence-electron chi connectivity index (χ1n) is 6.15. The van der Waals surface area contributed by atoms with Crippen molar-refractivity contribution in [3.63, 3.8) is 0 Å². The Morgan fingerprint density at radius 3 is 2.94 bits per heavy atom. The third kappa shape index (κ3) is 3.13. The van der Waals surface area contributed by atoms with Gasteiger partial charge in [0.25, 0.3) is 0 Å². The van der Waals surface area contributed by atoms with E-state index in [0.717, 1.165) is 25.1 Å². The van der Waals surface area contributed by atoms with Gasteiger partial charge in [0.05, 0.1) is 23.0 Å². The van der Waals surface area contributed by atoms with E-state index in [2.05, 4.69) is 5.32 Å². The number of anilines is 2. The average Bonchev–Trinajstić information content (AvgIpc) is 2.38. The number of benzene rings is 1. The summed E-state index contributed by atoms with van der Waals surface area (Å²) in [6.45, 7) is 1.52. The Labute approximate surface area is 106 Å². The Kier molecular flexibility index (Phi) is 4.04. The van der Waals surface area contributed by atoms with Gasteiger partial charge in [0.1, 0.15) is 0 Å². The van der Waals surface area contributed by atoms with Crippen LogP contribution in [0.1, 0.15) is 29.6 Å². The molecular formula is C13H18N2O3. The van der Waals surface area contributed by atoms with Crippen LogP contribution in [-0.4, -0.2) is 30.3 Å². The van der Waals surface area contributed by atoms with Crippen LogP contribution in [0, 0.1) is 0 Å². The zero-order valence-electron chi connectivity index (χ0n) is 10.2. The third-order valence-electron chi connectivity index (χ3n) is 3.09. The number of rotatable bonds is 4. The maximum Gasteiger partial charge on any atom is 0.335 e. The molecular weight excluding hydrogens is 232 g/mol. The van der Waals surface area contributed by atoms with Gasteiger partial charge in [-0.05, 0) is 37.5 Å². The first-order valence-corrected chi connectivity index (χ1v) is 6.15. The number of carbonyl (C=O) groups is 1. The lowest BCUT2D eigenvalue weighted by Crippen LogP contribution is -2.27. The van der Waals surface area contributed by atoms with Gasteiger partial charge in [0, 0.05) is 13.2 Å². The van der Waals surface area contributed by atoms with Crippen LogP contribution < -0.4 is 11.1 Å². The van der Waals surface area contributed by atoms with Crippen LogP contribution in [0.15, 0.2) is 18.2 Å². The number of ether oxygens (including phenoxy) is 1.